The van der Waals surface area contributed by atoms with Crippen molar-refractivity contribution in [2.24, 2.45) is 0 Å². The van der Waals surface area contributed by atoms with Gasteiger partial charge in [-0.3, -0.25) is 0 Å². The van der Waals surface area contributed by atoms with Gasteiger partial charge in [0.2, 0.25) is 5.95 Å². The summed E-state index contributed by atoms with van der Waals surface area (Å²) < 4.78 is 16.9. The molecule has 1 saturated heterocycles. The Bertz CT molecular complexity index is 695. The van der Waals surface area contributed by atoms with Crippen LogP contribution < -0.4 is 14.8 Å². The van der Waals surface area contributed by atoms with Crippen LogP contribution in [0, 0.1) is 13.8 Å². The second kappa shape index (κ2) is 8.16. The summed E-state index contributed by atoms with van der Waals surface area (Å²) in [6.07, 6.45) is 2.35. The van der Waals surface area contributed by atoms with Crippen molar-refractivity contribution in [2.75, 3.05) is 25.6 Å². The molecule has 0 amide bonds. The van der Waals surface area contributed by atoms with Crippen molar-refractivity contribution in [3.63, 3.8) is 0 Å². The Morgan fingerprint density at radius 2 is 1.96 bits per heavy atom. The molecule has 6 nitrogen and oxygen atoms in total. The van der Waals surface area contributed by atoms with Crippen LogP contribution in [0.25, 0.3) is 0 Å². The van der Waals surface area contributed by atoms with Gasteiger partial charge in [0.25, 0.3) is 0 Å². The van der Waals surface area contributed by atoms with Crippen LogP contribution in [-0.2, 0) is 11.3 Å². The third kappa shape index (κ3) is 4.82. The zero-order valence-electron chi connectivity index (χ0n) is 15.0. The Morgan fingerprint density at radius 1 is 1.16 bits per heavy atom. The molecular formula is C19H25N3O3. The van der Waals surface area contributed by atoms with E-state index in [4.69, 9.17) is 14.2 Å². The van der Waals surface area contributed by atoms with Gasteiger partial charge in [0, 0.05) is 24.5 Å². The van der Waals surface area contributed by atoms with Crippen LogP contribution in [0.5, 0.6) is 11.5 Å². The summed E-state index contributed by atoms with van der Waals surface area (Å²) in [6.45, 7) is 5.93. The molecular weight excluding hydrogens is 318 g/mol. The largest absolute Gasteiger partial charge is 0.493 e. The average Bonchev–Trinajstić information content (AvgIpc) is 3.11. The highest BCUT2D eigenvalue weighted by atomic mass is 16.5. The van der Waals surface area contributed by atoms with E-state index in [0.29, 0.717) is 19.1 Å². The van der Waals surface area contributed by atoms with Gasteiger partial charge in [-0.05, 0) is 50.5 Å². The molecule has 1 aliphatic rings. The van der Waals surface area contributed by atoms with Gasteiger partial charge in [0.1, 0.15) is 6.61 Å². The first-order valence-corrected chi connectivity index (χ1v) is 8.61. The van der Waals surface area contributed by atoms with Gasteiger partial charge < -0.3 is 19.5 Å². The lowest BCUT2D eigenvalue weighted by molar-refractivity contribution is 0.0669. The van der Waals surface area contributed by atoms with Crippen LogP contribution in [0.4, 0.5) is 5.95 Å². The van der Waals surface area contributed by atoms with Crippen LogP contribution in [0.3, 0.4) is 0 Å². The molecule has 2 aromatic rings. The van der Waals surface area contributed by atoms with E-state index in [0.717, 1.165) is 47.9 Å². The fraction of sp³-hybridized carbons (Fsp3) is 0.474. The minimum absolute atomic E-state index is 0.188. The number of benzene rings is 1. The molecule has 6 heteroatoms. The van der Waals surface area contributed by atoms with E-state index >= 15 is 0 Å². The highest BCUT2D eigenvalue weighted by Crippen LogP contribution is 2.29. The fourth-order valence-corrected chi connectivity index (χ4v) is 2.89. The Balaban J connectivity index is 1.62. The van der Waals surface area contributed by atoms with Crippen molar-refractivity contribution in [1.82, 2.24) is 9.97 Å². The quantitative estimate of drug-likeness (QED) is 0.832. The molecule has 0 spiro atoms. The summed E-state index contributed by atoms with van der Waals surface area (Å²) in [4.78, 5) is 8.78. The van der Waals surface area contributed by atoms with E-state index in [1.807, 2.05) is 38.1 Å². The highest BCUT2D eigenvalue weighted by molar-refractivity contribution is 5.44. The van der Waals surface area contributed by atoms with Gasteiger partial charge >= 0.3 is 0 Å². The number of aryl methyl sites for hydroxylation is 2. The maximum atomic E-state index is 5.87. The summed E-state index contributed by atoms with van der Waals surface area (Å²) in [5.74, 6) is 2.10. The van der Waals surface area contributed by atoms with E-state index in [1.165, 1.54) is 0 Å². The number of hydrogen-bond acceptors (Lipinski definition) is 6. The number of methoxy groups -OCH3 is 1. The lowest BCUT2D eigenvalue weighted by atomic mass is 10.2. The number of anilines is 1. The first-order valence-electron chi connectivity index (χ1n) is 8.61. The predicted octanol–water partition coefficient (Wildman–Crippen LogP) is 3.27. The molecule has 1 aromatic carbocycles. The van der Waals surface area contributed by atoms with Crippen LogP contribution >= 0.6 is 0 Å². The number of nitrogens with zero attached hydrogens (tertiary/aromatic N) is 2. The molecule has 25 heavy (non-hydrogen) atoms. The van der Waals surface area contributed by atoms with E-state index in [1.54, 1.807) is 7.11 Å². The molecule has 134 valence electrons. The van der Waals surface area contributed by atoms with E-state index in [9.17, 15) is 0 Å². The standard InChI is InChI=1S/C19H25N3O3/c1-13-9-14(2)22-19(21-13)20-11-15-6-7-17(18(10-15)23-3)25-12-16-5-4-8-24-16/h6-7,9-10,16H,4-5,8,11-12H2,1-3H3,(H,20,21,22)/t16-/m0/s1. The van der Waals surface area contributed by atoms with Crippen LogP contribution in [0.15, 0.2) is 24.3 Å². The smallest absolute Gasteiger partial charge is 0.223 e. The van der Waals surface area contributed by atoms with Crippen molar-refractivity contribution < 1.29 is 14.2 Å². The van der Waals surface area contributed by atoms with Gasteiger partial charge in [0.15, 0.2) is 11.5 Å². The topological polar surface area (TPSA) is 65.5 Å². The molecule has 1 fully saturated rings. The molecule has 1 aliphatic heterocycles. The van der Waals surface area contributed by atoms with Crippen molar-refractivity contribution in [1.29, 1.82) is 0 Å². The Hall–Kier alpha value is -2.34. The maximum absolute atomic E-state index is 5.87. The summed E-state index contributed by atoms with van der Waals surface area (Å²) in [5.41, 5.74) is 2.97. The Morgan fingerprint density at radius 3 is 2.64 bits per heavy atom. The molecule has 0 bridgehead atoms. The lowest BCUT2D eigenvalue weighted by Crippen LogP contribution is -2.16. The van der Waals surface area contributed by atoms with Gasteiger partial charge in [-0.1, -0.05) is 6.07 Å². The molecule has 1 aromatic heterocycles. The van der Waals surface area contributed by atoms with Gasteiger partial charge in [-0.25, -0.2) is 9.97 Å². The molecule has 3 rings (SSSR count). The molecule has 1 atom stereocenters. The third-order valence-electron chi connectivity index (χ3n) is 4.11. The summed E-state index contributed by atoms with van der Waals surface area (Å²) in [5, 5.41) is 3.25. The van der Waals surface area contributed by atoms with E-state index in [2.05, 4.69) is 15.3 Å². The monoisotopic (exact) mass is 343 g/mol. The summed E-state index contributed by atoms with van der Waals surface area (Å²) >= 11 is 0. The number of nitrogens with one attached hydrogen (secondary N) is 1. The second-order valence-corrected chi connectivity index (χ2v) is 6.26. The first kappa shape index (κ1) is 17.5. The fourth-order valence-electron chi connectivity index (χ4n) is 2.89. The third-order valence-corrected chi connectivity index (χ3v) is 4.11. The zero-order chi connectivity index (χ0) is 17.6. The highest BCUT2D eigenvalue weighted by Gasteiger charge is 2.17. The SMILES string of the molecule is COc1cc(CNc2nc(C)cc(C)n2)ccc1OC[C@@H]1CCCO1. The van der Waals surface area contributed by atoms with E-state index < -0.39 is 0 Å². The molecule has 0 unspecified atom stereocenters. The lowest BCUT2D eigenvalue weighted by Gasteiger charge is -2.15. The van der Waals surface area contributed by atoms with Gasteiger partial charge in [-0.2, -0.15) is 0 Å². The van der Waals surface area contributed by atoms with Gasteiger partial charge in [0.05, 0.1) is 13.2 Å². The Labute approximate surface area is 148 Å². The first-order chi connectivity index (χ1) is 12.1. The second-order valence-electron chi connectivity index (χ2n) is 6.26. The van der Waals surface area contributed by atoms with Crippen molar-refractivity contribution in [2.45, 2.75) is 39.3 Å². The van der Waals surface area contributed by atoms with Gasteiger partial charge in [-0.15, -0.1) is 0 Å². The number of hydrogen-bond donors (Lipinski definition) is 1. The van der Waals surface area contributed by atoms with Crippen LogP contribution in [0.1, 0.15) is 29.8 Å². The number of aromatic nitrogens is 2. The Kier molecular flexibility index (Phi) is 5.71. The average molecular weight is 343 g/mol. The van der Waals surface area contributed by atoms with Crippen molar-refractivity contribution in [3.05, 3.63) is 41.2 Å². The minimum atomic E-state index is 0.188. The number of ether oxygens (including phenoxy) is 3. The molecule has 1 N–H and O–H groups in total. The summed E-state index contributed by atoms with van der Waals surface area (Å²) in [6, 6.07) is 7.88. The molecule has 0 aliphatic carbocycles. The van der Waals surface area contributed by atoms with Crippen molar-refractivity contribution >= 4 is 5.95 Å². The van der Waals surface area contributed by atoms with Crippen LogP contribution in [0.2, 0.25) is 0 Å². The maximum Gasteiger partial charge on any atom is 0.223 e. The normalized spacial score (nSPS) is 16.7. The number of rotatable bonds is 7. The van der Waals surface area contributed by atoms with Crippen molar-refractivity contribution in [3.8, 4) is 11.5 Å². The zero-order valence-corrected chi connectivity index (χ0v) is 15.0. The molecule has 0 saturated carbocycles. The summed E-state index contributed by atoms with van der Waals surface area (Å²) in [7, 11) is 1.65. The van der Waals surface area contributed by atoms with Crippen LogP contribution in [-0.4, -0.2) is 36.4 Å². The minimum Gasteiger partial charge on any atom is -0.493 e. The predicted molar refractivity (Wildman–Crippen MR) is 96.3 cm³/mol. The molecule has 0 radical (unpaired) electrons. The molecule has 2 heterocycles. The van der Waals surface area contributed by atoms with E-state index in [-0.39, 0.29) is 6.10 Å².